The van der Waals surface area contributed by atoms with Crippen LogP contribution in [0.4, 0.5) is 0 Å². The van der Waals surface area contributed by atoms with Crippen LogP contribution in [0.2, 0.25) is 0 Å². The minimum atomic E-state index is -0.152. The van der Waals surface area contributed by atoms with Gasteiger partial charge < -0.3 is 0 Å². The second kappa shape index (κ2) is 4.28. The molecule has 1 atom stereocenters. The Hall–Kier alpha value is -1.12. The van der Waals surface area contributed by atoms with Gasteiger partial charge in [0.1, 0.15) is 0 Å². The first-order valence-electron chi connectivity index (χ1n) is 6.45. The molecule has 1 N–H and O–H groups in total. The number of hydrogen-bond donors (Lipinski definition) is 1. The number of rotatable bonds is 0. The normalized spacial score (nSPS) is 30.6. The monoisotopic (exact) mass is 235 g/mol. The number of nitrogens with one attached hydrogen (secondary N) is 1. The van der Waals surface area contributed by atoms with Crippen molar-refractivity contribution in [2.24, 2.45) is 11.3 Å². The van der Waals surface area contributed by atoms with Crippen molar-refractivity contribution in [3.8, 4) is 0 Å². The van der Waals surface area contributed by atoms with E-state index in [4.69, 9.17) is 0 Å². The number of allylic oxidation sites excluding steroid dienone is 1. The molecule has 0 aromatic rings. The maximum Gasteiger partial charge on any atom is 0.254 e. The minimum absolute atomic E-state index is 0.143. The van der Waals surface area contributed by atoms with E-state index >= 15 is 0 Å². The van der Waals surface area contributed by atoms with Crippen LogP contribution in [-0.4, -0.2) is 11.8 Å². The molecule has 1 heterocycles. The summed E-state index contributed by atoms with van der Waals surface area (Å²) >= 11 is 0. The van der Waals surface area contributed by atoms with Crippen LogP contribution >= 0.6 is 0 Å². The zero-order chi connectivity index (χ0) is 12.6. The molecular formula is C14H21NO2. The van der Waals surface area contributed by atoms with Crippen molar-refractivity contribution < 1.29 is 9.59 Å². The van der Waals surface area contributed by atoms with E-state index < -0.39 is 0 Å². The predicted octanol–water partition coefficient (Wildman–Crippen LogP) is 2.57. The summed E-state index contributed by atoms with van der Waals surface area (Å²) in [5, 5.41) is 2.40. The predicted molar refractivity (Wildman–Crippen MR) is 66.2 cm³/mol. The van der Waals surface area contributed by atoms with E-state index in [9.17, 15) is 9.59 Å². The van der Waals surface area contributed by atoms with Crippen molar-refractivity contribution in [3.05, 3.63) is 11.1 Å². The van der Waals surface area contributed by atoms with E-state index in [2.05, 4.69) is 26.1 Å². The Labute approximate surface area is 103 Å². The fourth-order valence-electron chi connectivity index (χ4n) is 3.08. The average molecular weight is 235 g/mol. The molecule has 0 spiro atoms. The Kier molecular flexibility index (Phi) is 3.11. The van der Waals surface area contributed by atoms with Crippen LogP contribution in [0.5, 0.6) is 0 Å². The molecule has 0 radical (unpaired) electrons. The third-order valence-corrected chi connectivity index (χ3v) is 3.91. The van der Waals surface area contributed by atoms with Gasteiger partial charge in [-0.3, -0.25) is 14.9 Å². The van der Waals surface area contributed by atoms with Crippen LogP contribution in [0.25, 0.3) is 0 Å². The lowest BCUT2D eigenvalue weighted by molar-refractivity contribution is -0.124. The Morgan fingerprint density at radius 1 is 1.18 bits per heavy atom. The van der Waals surface area contributed by atoms with Gasteiger partial charge in [0.2, 0.25) is 5.91 Å². The largest absolute Gasteiger partial charge is 0.292 e. The van der Waals surface area contributed by atoms with Crippen LogP contribution in [0.3, 0.4) is 0 Å². The van der Waals surface area contributed by atoms with E-state index in [1.165, 1.54) is 12.0 Å². The summed E-state index contributed by atoms with van der Waals surface area (Å²) in [7, 11) is 0. The first kappa shape index (κ1) is 12.3. The van der Waals surface area contributed by atoms with Gasteiger partial charge in [-0.05, 0) is 30.6 Å². The molecule has 0 aromatic carbocycles. The van der Waals surface area contributed by atoms with Crippen molar-refractivity contribution in [1.29, 1.82) is 0 Å². The molecule has 3 nitrogen and oxygen atoms in total. The summed E-state index contributed by atoms with van der Waals surface area (Å²) in [6, 6.07) is 0. The highest BCUT2D eigenvalue weighted by molar-refractivity contribution is 6.13. The quantitative estimate of drug-likeness (QED) is 0.518. The van der Waals surface area contributed by atoms with E-state index in [1.807, 2.05) is 0 Å². The van der Waals surface area contributed by atoms with E-state index in [0.29, 0.717) is 12.3 Å². The molecule has 94 valence electrons. The van der Waals surface area contributed by atoms with Gasteiger partial charge in [0, 0.05) is 5.57 Å². The summed E-state index contributed by atoms with van der Waals surface area (Å²) in [5.41, 5.74) is 2.18. The standard InChI is InChI=1S/C14H21NO2/c1-14(2,3)11-7-5-4-6-9(11)10-8-12(16)15-13(10)17/h11H,4-8H2,1-3H3,(H,15,16,17). The molecule has 1 saturated carbocycles. The molecule has 2 rings (SSSR count). The molecule has 17 heavy (non-hydrogen) atoms. The lowest BCUT2D eigenvalue weighted by Gasteiger charge is -2.37. The maximum atomic E-state index is 11.8. The zero-order valence-electron chi connectivity index (χ0n) is 10.9. The van der Waals surface area contributed by atoms with E-state index in [-0.39, 0.29) is 17.2 Å². The molecule has 1 aliphatic heterocycles. The van der Waals surface area contributed by atoms with Crippen LogP contribution < -0.4 is 5.32 Å². The van der Waals surface area contributed by atoms with Crippen LogP contribution in [0.1, 0.15) is 52.9 Å². The summed E-state index contributed by atoms with van der Waals surface area (Å²) in [6.07, 6.45) is 4.80. The first-order valence-corrected chi connectivity index (χ1v) is 6.45. The molecular weight excluding hydrogens is 214 g/mol. The van der Waals surface area contributed by atoms with Crippen molar-refractivity contribution in [2.45, 2.75) is 52.9 Å². The summed E-state index contributed by atoms with van der Waals surface area (Å²) < 4.78 is 0. The highest BCUT2D eigenvalue weighted by atomic mass is 16.2. The minimum Gasteiger partial charge on any atom is -0.292 e. The van der Waals surface area contributed by atoms with Crippen LogP contribution in [0, 0.1) is 11.3 Å². The third-order valence-electron chi connectivity index (χ3n) is 3.91. The average Bonchev–Trinajstić information content (AvgIpc) is 2.56. The Morgan fingerprint density at radius 2 is 1.88 bits per heavy atom. The molecule has 2 fully saturated rings. The Bertz CT molecular complexity index is 388. The van der Waals surface area contributed by atoms with Crippen LogP contribution in [0.15, 0.2) is 11.1 Å². The van der Waals surface area contributed by atoms with Gasteiger partial charge in [-0.25, -0.2) is 0 Å². The van der Waals surface area contributed by atoms with Gasteiger partial charge in [-0.2, -0.15) is 0 Å². The molecule has 1 unspecified atom stereocenters. The summed E-state index contributed by atoms with van der Waals surface area (Å²) in [6.45, 7) is 6.66. The van der Waals surface area contributed by atoms with Crippen molar-refractivity contribution in [1.82, 2.24) is 5.32 Å². The van der Waals surface area contributed by atoms with Crippen molar-refractivity contribution in [2.75, 3.05) is 0 Å². The van der Waals surface area contributed by atoms with Crippen molar-refractivity contribution >= 4 is 11.8 Å². The Balaban J connectivity index is 2.37. The Morgan fingerprint density at radius 3 is 2.41 bits per heavy atom. The molecule has 1 aliphatic carbocycles. The number of amides is 2. The van der Waals surface area contributed by atoms with Gasteiger partial charge in [-0.15, -0.1) is 0 Å². The number of carbonyl (C=O) groups is 2. The smallest absolute Gasteiger partial charge is 0.254 e. The number of carbonyl (C=O) groups excluding carboxylic acids is 2. The molecule has 1 saturated heterocycles. The number of imide groups is 1. The third kappa shape index (κ3) is 2.43. The second-order valence-electron chi connectivity index (χ2n) is 6.22. The van der Waals surface area contributed by atoms with Gasteiger partial charge in [0.15, 0.2) is 0 Å². The summed E-state index contributed by atoms with van der Waals surface area (Å²) in [5.74, 6) is 0.153. The molecule has 0 bridgehead atoms. The summed E-state index contributed by atoms with van der Waals surface area (Å²) in [4.78, 5) is 23.1. The van der Waals surface area contributed by atoms with Gasteiger partial charge in [0.25, 0.3) is 5.91 Å². The van der Waals surface area contributed by atoms with Gasteiger partial charge in [-0.1, -0.05) is 32.8 Å². The van der Waals surface area contributed by atoms with Gasteiger partial charge in [0.05, 0.1) is 6.42 Å². The van der Waals surface area contributed by atoms with Gasteiger partial charge >= 0.3 is 0 Å². The fourth-order valence-corrected chi connectivity index (χ4v) is 3.08. The molecule has 2 aliphatic rings. The molecule has 0 aromatic heterocycles. The number of hydrogen-bond acceptors (Lipinski definition) is 2. The maximum absolute atomic E-state index is 11.8. The van der Waals surface area contributed by atoms with E-state index in [0.717, 1.165) is 24.8 Å². The lowest BCUT2D eigenvalue weighted by atomic mass is 9.68. The van der Waals surface area contributed by atoms with Crippen LogP contribution in [-0.2, 0) is 9.59 Å². The lowest BCUT2D eigenvalue weighted by Crippen LogP contribution is -2.27. The fraction of sp³-hybridized carbons (Fsp3) is 0.714. The van der Waals surface area contributed by atoms with Crippen molar-refractivity contribution in [3.63, 3.8) is 0 Å². The van der Waals surface area contributed by atoms with E-state index in [1.54, 1.807) is 0 Å². The topological polar surface area (TPSA) is 46.2 Å². The highest BCUT2D eigenvalue weighted by Gasteiger charge is 2.36. The second-order valence-corrected chi connectivity index (χ2v) is 6.22. The zero-order valence-corrected chi connectivity index (χ0v) is 10.9. The molecule has 2 amide bonds. The highest BCUT2D eigenvalue weighted by Crippen LogP contribution is 2.43. The molecule has 3 heteroatoms. The SMILES string of the molecule is CC(C)(C)C1CCCCC1=C1CC(=O)NC1=O. The first-order chi connectivity index (χ1) is 7.89.